The molecule has 2 heterocycles. The molecular formula is C24H31N3O2. The Morgan fingerprint density at radius 1 is 1.07 bits per heavy atom. The molecule has 0 saturated carbocycles. The first-order valence-electron chi connectivity index (χ1n) is 10.2. The van der Waals surface area contributed by atoms with Crippen molar-refractivity contribution in [1.29, 1.82) is 0 Å². The molecule has 1 aliphatic rings. The molecule has 1 aliphatic heterocycles. The SMILES string of the molecule is CN1CCC(N(C)C(=O)C(C)(C)Oc2ccc(/C=C/c3ccncc3)cc2)CC1. The first-order valence-corrected chi connectivity index (χ1v) is 10.2. The van der Waals surface area contributed by atoms with Crippen LogP contribution in [0.25, 0.3) is 12.2 Å². The number of hydrogen-bond donors (Lipinski definition) is 0. The highest BCUT2D eigenvalue weighted by Crippen LogP contribution is 2.24. The van der Waals surface area contributed by atoms with Gasteiger partial charge in [-0.15, -0.1) is 0 Å². The van der Waals surface area contributed by atoms with Gasteiger partial charge in [0.15, 0.2) is 5.60 Å². The Balaban J connectivity index is 1.60. The zero-order valence-electron chi connectivity index (χ0n) is 17.8. The molecule has 29 heavy (non-hydrogen) atoms. The lowest BCUT2D eigenvalue weighted by Gasteiger charge is -2.38. The summed E-state index contributed by atoms with van der Waals surface area (Å²) >= 11 is 0. The van der Waals surface area contributed by atoms with Gasteiger partial charge in [-0.25, -0.2) is 0 Å². The number of hydrogen-bond acceptors (Lipinski definition) is 4. The third-order valence-electron chi connectivity index (χ3n) is 5.50. The summed E-state index contributed by atoms with van der Waals surface area (Å²) in [5.74, 6) is 0.718. The molecule has 1 saturated heterocycles. The van der Waals surface area contributed by atoms with Crippen LogP contribution in [0.4, 0.5) is 0 Å². The van der Waals surface area contributed by atoms with Crippen molar-refractivity contribution in [2.75, 3.05) is 27.2 Å². The molecule has 1 amide bonds. The van der Waals surface area contributed by atoms with Gasteiger partial charge in [-0.05, 0) is 82.2 Å². The van der Waals surface area contributed by atoms with Crippen molar-refractivity contribution >= 4 is 18.1 Å². The number of amides is 1. The largest absolute Gasteiger partial charge is 0.478 e. The molecule has 0 spiro atoms. The van der Waals surface area contributed by atoms with Crippen molar-refractivity contribution in [2.24, 2.45) is 0 Å². The molecule has 0 atom stereocenters. The summed E-state index contributed by atoms with van der Waals surface area (Å²) in [5, 5.41) is 0. The van der Waals surface area contributed by atoms with E-state index < -0.39 is 5.60 Å². The Bertz CT molecular complexity index is 823. The smallest absolute Gasteiger partial charge is 0.266 e. The number of carbonyl (C=O) groups is 1. The van der Waals surface area contributed by atoms with E-state index in [4.69, 9.17) is 4.74 Å². The van der Waals surface area contributed by atoms with Crippen LogP contribution in [0.1, 0.15) is 37.8 Å². The molecule has 1 fully saturated rings. The average molecular weight is 394 g/mol. The Labute approximate surface area is 174 Å². The number of aromatic nitrogens is 1. The second-order valence-electron chi connectivity index (χ2n) is 8.25. The van der Waals surface area contributed by atoms with E-state index in [1.54, 1.807) is 12.4 Å². The summed E-state index contributed by atoms with van der Waals surface area (Å²) in [6.45, 7) is 5.74. The van der Waals surface area contributed by atoms with Crippen LogP contribution in [0.5, 0.6) is 5.75 Å². The normalized spacial score (nSPS) is 16.1. The first kappa shape index (κ1) is 21.1. The van der Waals surface area contributed by atoms with E-state index in [-0.39, 0.29) is 11.9 Å². The highest BCUT2D eigenvalue weighted by atomic mass is 16.5. The van der Waals surface area contributed by atoms with Crippen LogP contribution in [0.2, 0.25) is 0 Å². The summed E-state index contributed by atoms with van der Waals surface area (Å²) in [7, 11) is 4.03. The van der Waals surface area contributed by atoms with E-state index in [1.165, 1.54) is 0 Å². The van der Waals surface area contributed by atoms with Gasteiger partial charge < -0.3 is 14.5 Å². The second kappa shape index (κ2) is 9.23. The Morgan fingerprint density at radius 3 is 2.21 bits per heavy atom. The summed E-state index contributed by atoms with van der Waals surface area (Å²) < 4.78 is 6.08. The molecule has 0 unspecified atom stereocenters. The molecule has 3 rings (SSSR count). The fourth-order valence-corrected chi connectivity index (χ4v) is 3.63. The van der Waals surface area contributed by atoms with Crippen LogP contribution in [-0.2, 0) is 4.79 Å². The lowest BCUT2D eigenvalue weighted by Crippen LogP contribution is -2.53. The van der Waals surface area contributed by atoms with E-state index in [0.717, 1.165) is 37.1 Å². The van der Waals surface area contributed by atoms with Crippen LogP contribution in [0.3, 0.4) is 0 Å². The lowest BCUT2D eigenvalue weighted by atomic mass is 10.0. The molecule has 1 aromatic carbocycles. The zero-order chi connectivity index (χ0) is 20.9. The van der Waals surface area contributed by atoms with Crippen molar-refractivity contribution in [3.63, 3.8) is 0 Å². The number of ether oxygens (including phenoxy) is 1. The number of carbonyl (C=O) groups excluding carboxylic acids is 1. The summed E-state index contributed by atoms with van der Waals surface area (Å²) in [6, 6.07) is 12.0. The van der Waals surface area contributed by atoms with Crippen LogP contribution < -0.4 is 4.74 Å². The minimum Gasteiger partial charge on any atom is -0.478 e. The topological polar surface area (TPSA) is 45.7 Å². The molecule has 0 N–H and O–H groups in total. The van der Waals surface area contributed by atoms with E-state index in [0.29, 0.717) is 5.75 Å². The maximum atomic E-state index is 13.0. The van der Waals surface area contributed by atoms with Gasteiger partial charge >= 0.3 is 0 Å². The molecule has 5 heteroatoms. The van der Waals surface area contributed by atoms with Crippen LogP contribution in [0.15, 0.2) is 48.8 Å². The van der Waals surface area contributed by atoms with E-state index in [1.807, 2.05) is 74.3 Å². The molecule has 5 nitrogen and oxygen atoms in total. The molecule has 2 aromatic rings. The number of nitrogens with zero attached hydrogens (tertiary/aromatic N) is 3. The third-order valence-corrected chi connectivity index (χ3v) is 5.50. The van der Waals surface area contributed by atoms with Crippen molar-refractivity contribution in [2.45, 2.75) is 38.3 Å². The third kappa shape index (κ3) is 5.67. The molecule has 0 radical (unpaired) electrons. The fraction of sp³-hybridized carbons (Fsp3) is 0.417. The predicted molar refractivity (Wildman–Crippen MR) is 118 cm³/mol. The molecular weight excluding hydrogens is 362 g/mol. The minimum atomic E-state index is -0.910. The number of rotatable bonds is 6. The number of piperidine rings is 1. The molecule has 0 aliphatic carbocycles. The molecule has 1 aromatic heterocycles. The predicted octanol–water partition coefficient (Wildman–Crippen LogP) is 3.96. The standard InChI is InChI=1S/C24H31N3O2/c1-24(2,23(28)27(4)21-13-17-26(3)18-14-21)29-22-9-7-19(8-10-22)5-6-20-11-15-25-16-12-20/h5-12,15-16,21H,13-14,17-18H2,1-4H3/b6-5+. The number of benzene rings is 1. The fourth-order valence-electron chi connectivity index (χ4n) is 3.63. The van der Waals surface area contributed by atoms with Crippen molar-refractivity contribution in [3.05, 3.63) is 59.9 Å². The van der Waals surface area contributed by atoms with Gasteiger partial charge in [0.1, 0.15) is 5.75 Å². The summed E-state index contributed by atoms with van der Waals surface area (Å²) in [4.78, 5) is 21.2. The lowest BCUT2D eigenvalue weighted by molar-refractivity contribution is -0.147. The quantitative estimate of drug-likeness (QED) is 0.745. The second-order valence-corrected chi connectivity index (χ2v) is 8.25. The Morgan fingerprint density at radius 2 is 1.62 bits per heavy atom. The highest BCUT2D eigenvalue weighted by Gasteiger charge is 2.36. The number of likely N-dealkylation sites (N-methyl/N-ethyl adjacent to an activating group) is 1. The monoisotopic (exact) mass is 393 g/mol. The van der Waals surface area contributed by atoms with Gasteiger partial charge in [-0.1, -0.05) is 24.3 Å². The average Bonchev–Trinajstić information content (AvgIpc) is 2.73. The van der Waals surface area contributed by atoms with Gasteiger partial charge in [0.05, 0.1) is 0 Å². The number of likely N-dealkylation sites (tertiary alicyclic amines) is 1. The van der Waals surface area contributed by atoms with E-state index in [9.17, 15) is 4.79 Å². The van der Waals surface area contributed by atoms with Crippen molar-refractivity contribution < 1.29 is 9.53 Å². The van der Waals surface area contributed by atoms with Gasteiger partial charge in [0.2, 0.25) is 0 Å². The van der Waals surface area contributed by atoms with E-state index >= 15 is 0 Å². The van der Waals surface area contributed by atoms with Gasteiger partial charge in [-0.2, -0.15) is 0 Å². The van der Waals surface area contributed by atoms with Gasteiger partial charge in [0.25, 0.3) is 5.91 Å². The highest BCUT2D eigenvalue weighted by molar-refractivity contribution is 5.85. The zero-order valence-corrected chi connectivity index (χ0v) is 17.8. The van der Waals surface area contributed by atoms with Crippen LogP contribution in [0, 0.1) is 0 Å². The first-order chi connectivity index (χ1) is 13.8. The van der Waals surface area contributed by atoms with Crippen molar-refractivity contribution in [1.82, 2.24) is 14.8 Å². The van der Waals surface area contributed by atoms with E-state index in [2.05, 4.69) is 16.9 Å². The van der Waals surface area contributed by atoms with Gasteiger partial charge in [-0.3, -0.25) is 9.78 Å². The maximum absolute atomic E-state index is 13.0. The van der Waals surface area contributed by atoms with Gasteiger partial charge in [0, 0.05) is 25.5 Å². The van der Waals surface area contributed by atoms with Crippen LogP contribution in [-0.4, -0.2) is 59.5 Å². The number of pyridine rings is 1. The molecule has 0 bridgehead atoms. The maximum Gasteiger partial charge on any atom is 0.266 e. The minimum absolute atomic E-state index is 0.0220. The van der Waals surface area contributed by atoms with Crippen LogP contribution >= 0.6 is 0 Å². The summed E-state index contributed by atoms with van der Waals surface area (Å²) in [6.07, 6.45) is 9.65. The molecule has 154 valence electrons. The van der Waals surface area contributed by atoms with Crippen molar-refractivity contribution in [3.8, 4) is 5.75 Å². The Kier molecular flexibility index (Phi) is 6.70. The summed E-state index contributed by atoms with van der Waals surface area (Å²) in [5.41, 5.74) is 1.26. The Hall–Kier alpha value is -2.66.